The second kappa shape index (κ2) is 7.45. The first-order valence-corrected chi connectivity index (χ1v) is 8.87. The Morgan fingerprint density at radius 3 is 2.41 bits per heavy atom. The third kappa shape index (κ3) is 3.60. The predicted molar refractivity (Wildman–Crippen MR) is 102 cm³/mol. The maximum Gasteiger partial charge on any atom is 0.325 e. The van der Waals surface area contributed by atoms with Gasteiger partial charge in [0.2, 0.25) is 5.76 Å². The first-order chi connectivity index (χ1) is 13.2. The molecule has 0 fully saturated rings. The van der Waals surface area contributed by atoms with E-state index in [1.807, 2.05) is 48.5 Å². The minimum absolute atomic E-state index is 0.163. The van der Waals surface area contributed by atoms with Crippen molar-refractivity contribution < 1.29 is 9.21 Å². The summed E-state index contributed by atoms with van der Waals surface area (Å²) in [5, 5.41) is 4.21. The fraction of sp³-hybridized carbons (Fsp3) is 0.190. The molecule has 0 aliphatic heterocycles. The van der Waals surface area contributed by atoms with Crippen LogP contribution in [0.5, 0.6) is 0 Å². The quantitative estimate of drug-likeness (QED) is 0.530. The van der Waals surface area contributed by atoms with Gasteiger partial charge in [0.1, 0.15) is 12.0 Å². The molecule has 0 N–H and O–H groups in total. The fourth-order valence-corrected chi connectivity index (χ4v) is 3.06. The number of hydrogen-bond donors (Lipinski definition) is 0. The number of likely N-dealkylation sites (N-methyl/N-ethyl adjacent to an activating group) is 1. The van der Waals surface area contributed by atoms with E-state index in [4.69, 9.17) is 4.42 Å². The fourth-order valence-electron chi connectivity index (χ4n) is 3.06. The standard InChI is InChI=1S/C21H20N4O2/c1-24(13-12-16-8-4-2-5-9-16)20(26)19-18(14-17-10-6-3-7-11-17)25-21(27-19)22-15-23-25/h2-11,15H,12-14H2,1H3. The van der Waals surface area contributed by atoms with Crippen LogP contribution in [0.2, 0.25) is 0 Å². The van der Waals surface area contributed by atoms with E-state index in [0.29, 0.717) is 30.3 Å². The molecular weight excluding hydrogens is 340 g/mol. The largest absolute Gasteiger partial charge is 0.416 e. The predicted octanol–water partition coefficient (Wildman–Crippen LogP) is 3.23. The van der Waals surface area contributed by atoms with Crippen LogP contribution in [0.3, 0.4) is 0 Å². The van der Waals surface area contributed by atoms with Crippen LogP contribution in [0.1, 0.15) is 27.4 Å². The lowest BCUT2D eigenvalue weighted by Crippen LogP contribution is -2.29. The summed E-state index contributed by atoms with van der Waals surface area (Å²) >= 11 is 0. The molecule has 0 saturated carbocycles. The van der Waals surface area contributed by atoms with E-state index in [-0.39, 0.29) is 5.91 Å². The summed E-state index contributed by atoms with van der Waals surface area (Å²) in [5.41, 5.74) is 2.99. The van der Waals surface area contributed by atoms with E-state index in [2.05, 4.69) is 22.2 Å². The van der Waals surface area contributed by atoms with Gasteiger partial charge in [-0.1, -0.05) is 60.7 Å². The molecule has 0 spiro atoms. The summed E-state index contributed by atoms with van der Waals surface area (Å²) in [5.74, 6) is 0.468. The lowest BCUT2D eigenvalue weighted by molar-refractivity contribution is 0.0766. The molecule has 0 unspecified atom stereocenters. The van der Waals surface area contributed by atoms with Gasteiger partial charge in [-0.05, 0) is 17.5 Å². The van der Waals surface area contributed by atoms with Crippen molar-refractivity contribution in [3.8, 4) is 0 Å². The van der Waals surface area contributed by atoms with Crippen LogP contribution in [0.15, 0.2) is 71.4 Å². The lowest BCUT2D eigenvalue weighted by atomic mass is 10.1. The monoisotopic (exact) mass is 360 g/mol. The average Bonchev–Trinajstić information content (AvgIpc) is 3.30. The number of amides is 1. The molecule has 0 bridgehead atoms. The average molecular weight is 360 g/mol. The van der Waals surface area contributed by atoms with E-state index in [1.54, 1.807) is 16.5 Å². The smallest absolute Gasteiger partial charge is 0.325 e. The first kappa shape index (κ1) is 17.0. The molecule has 0 aliphatic carbocycles. The number of oxazole rings is 1. The molecule has 6 heteroatoms. The third-order valence-corrected chi connectivity index (χ3v) is 4.56. The van der Waals surface area contributed by atoms with Crippen LogP contribution >= 0.6 is 0 Å². The Kier molecular flexibility index (Phi) is 4.70. The molecule has 0 aliphatic rings. The van der Waals surface area contributed by atoms with Gasteiger partial charge in [0.15, 0.2) is 0 Å². The van der Waals surface area contributed by atoms with E-state index in [0.717, 1.165) is 12.0 Å². The number of carbonyl (C=O) groups is 1. The van der Waals surface area contributed by atoms with Crippen LogP contribution in [0, 0.1) is 0 Å². The molecule has 0 radical (unpaired) electrons. The molecular formula is C21H20N4O2. The summed E-state index contributed by atoms with van der Waals surface area (Å²) < 4.78 is 7.35. The van der Waals surface area contributed by atoms with Crippen molar-refractivity contribution in [2.45, 2.75) is 12.8 Å². The molecule has 0 saturated heterocycles. The highest BCUT2D eigenvalue weighted by molar-refractivity contribution is 5.93. The number of fused-ring (bicyclic) bond motifs is 1. The van der Waals surface area contributed by atoms with Crippen molar-refractivity contribution in [1.82, 2.24) is 19.5 Å². The maximum absolute atomic E-state index is 13.0. The molecule has 27 heavy (non-hydrogen) atoms. The SMILES string of the molecule is CN(CCc1ccccc1)C(=O)c1oc2ncnn2c1Cc1ccccc1. The molecule has 136 valence electrons. The van der Waals surface area contributed by atoms with Gasteiger partial charge in [-0.3, -0.25) is 4.79 Å². The zero-order valence-electron chi connectivity index (χ0n) is 15.1. The van der Waals surface area contributed by atoms with Crippen LogP contribution < -0.4 is 0 Å². The highest BCUT2D eigenvalue weighted by Gasteiger charge is 2.25. The van der Waals surface area contributed by atoms with Crippen molar-refractivity contribution in [2.75, 3.05) is 13.6 Å². The third-order valence-electron chi connectivity index (χ3n) is 4.56. The Labute approximate surface area is 157 Å². The topological polar surface area (TPSA) is 63.6 Å². The molecule has 6 nitrogen and oxygen atoms in total. The van der Waals surface area contributed by atoms with Gasteiger partial charge >= 0.3 is 5.84 Å². The van der Waals surface area contributed by atoms with Crippen LogP contribution in [-0.4, -0.2) is 39.0 Å². The Morgan fingerprint density at radius 1 is 1.04 bits per heavy atom. The molecule has 2 aromatic carbocycles. The van der Waals surface area contributed by atoms with Gasteiger partial charge in [-0.25, -0.2) is 0 Å². The zero-order chi connectivity index (χ0) is 18.6. The second-order valence-electron chi connectivity index (χ2n) is 6.46. The number of benzene rings is 2. The van der Waals surface area contributed by atoms with Crippen molar-refractivity contribution in [3.05, 3.63) is 89.6 Å². The summed E-state index contributed by atoms with van der Waals surface area (Å²) in [4.78, 5) is 18.8. The Morgan fingerprint density at radius 2 is 1.70 bits per heavy atom. The van der Waals surface area contributed by atoms with Crippen molar-refractivity contribution in [3.63, 3.8) is 0 Å². The molecule has 4 aromatic rings. The highest BCUT2D eigenvalue weighted by atomic mass is 16.4. The molecule has 2 aromatic heterocycles. The van der Waals surface area contributed by atoms with Gasteiger partial charge in [-0.15, -0.1) is 0 Å². The zero-order valence-corrected chi connectivity index (χ0v) is 15.1. The van der Waals surface area contributed by atoms with E-state index < -0.39 is 0 Å². The van der Waals surface area contributed by atoms with Gasteiger partial charge < -0.3 is 9.32 Å². The number of nitrogens with zero attached hydrogens (tertiary/aromatic N) is 4. The summed E-state index contributed by atoms with van der Waals surface area (Å²) in [6.07, 6.45) is 2.76. The minimum Gasteiger partial charge on any atom is -0.416 e. The van der Waals surface area contributed by atoms with E-state index in [9.17, 15) is 4.79 Å². The number of aromatic nitrogens is 3. The Hall–Kier alpha value is -3.41. The summed E-state index contributed by atoms with van der Waals surface area (Å²) in [6, 6.07) is 20.1. The Bertz CT molecular complexity index is 1040. The lowest BCUT2D eigenvalue weighted by Gasteiger charge is -2.16. The Balaban J connectivity index is 1.57. The van der Waals surface area contributed by atoms with E-state index in [1.165, 1.54) is 11.9 Å². The van der Waals surface area contributed by atoms with Crippen LogP contribution in [0.4, 0.5) is 0 Å². The maximum atomic E-state index is 13.0. The summed E-state index contributed by atoms with van der Waals surface area (Å²) in [6.45, 7) is 0.601. The van der Waals surface area contributed by atoms with Crippen LogP contribution in [0.25, 0.3) is 5.84 Å². The van der Waals surface area contributed by atoms with Crippen molar-refractivity contribution in [2.24, 2.45) is 0 Å². The normalized spacial score (nSPS) is 11.0. The number of carbonyl (C=O) groups excluding carboxylic acids is 1. The van der Waals surface area contributed by atoms with Gasteiger partial charge in [0.05, 0.1) is 0 Å². The van der Waals surface area contributed by atoms with Crippen molar-refractivity contribution in [1.29, 1.82) is 0 Å². The first-order valence-electron chi connectivity index (χ1n) is 8.87. The van der Waals surface area contributed by atoms with Crippen molar-refractivity contribution >= 4 is 11.8 Å². The molecule has 2 heterocycles. The highest BCUT2D eigenvalue weighted by Crippen LogP contribution is 2.20. The van der Waals surface area contributed by atoms with Gasteiger partial charge in [-0.2, -0.15) is 14.6 Å². The number of hydrogen-bond acceptors (Lipinski definition) is 4. The summed E-state index contributed by atoms with van der Waals surface area (Å²) in [7, 11) is 1.79. The van der Waals surface area contributed by atoms with Gasteiger partial charge in [0.25, 0.3) is 5.91 Å². The molecule has 4 rings (SSSR count). The van der Waals surface area contributed by atoms with Crippen LogP contribution in [-0.2, 0) is 12.8 Å². The minimum atomic E-state index is -0.163. The van der Waals surface area contributed by atoms with E-state index >= 15 is 0 Å². The number of rotatable bonds is 6. The molecule has 1 amide bonds. The van der Waals surface area contributed by atoms with Gasteiger partial charge in [0, 0.05) is 20.0 Å². The second-order valence-corrected chi connectivity index (χ2v) is 6.46. The molecule has 0 atom stereocenters.